The zero-order valence-corrected chi connectivity index (χ0v) is 24.0. The average Bonchev–Trinajstić information content (AvgIpc) is 3.66. The molecule has 0 bridgehead atoms. The van der Waals surface area contributed by atoms with E-state index in [2.05, 4.69) is 20.2 Å². The van der Waals surface area contributed by atoms with E-state index >= 15 is 0 Å². The number of carbonyl (C=O) groups is 1. The number of fused-ring (bicyclic) bond motifs is 1. The van der Waals surface area contributed by atoms with Gasteiger partial charge in [-0.05, 0) is 35.4 Å². The van der Waals surface area contributed by atoms with Crippen molar-refractivity contribution in [3.63, 3.8) is 0 Å². The highest BCUT2D eigenvalue weighted by molar-refractivity contribution is 7.91. The fourth-order valence-corrected chi connectivity index (χ4v) is 7.76. The second-order valence-corrected chi connectivity index (χ2v) is 13.7. The number of benzene rings is 2. The molecule has 15 heteroatoms. The molecule has 1 atom stereocenters. The van der Waals surface area contributed by atoms with Crippen LogP contribution in [0.15, 0.2) is 51.7 Å². The molecule has 0 spiro atoms. The molecular weight excluding hydrogens is 591 g/mol. The van der Waals surface area contributed by atoms with Crippen molar-refractivity contribution in [2.24, 2.45) is 0 Å². The Hall–Kier alpha value is -3.92. The van der Waals surface area contributed by atoms with Gasteiger partial charge in [0.25, 0.3) is 5.91 Å². The predicted octanol–water partition coefficient (Wildman–Crippen LogP) is 3.00. The first-order chi connectivity index (χ1) is 19.7. The van der Waals surface area contributed by atoms with Gasteiger partial charge in [0.2, 0.25) is 17.7 Å². The Morgan fingerprint density at radius 2 is 1.83 bits per heavy atom. The molecule has 4 heterocycles. The molecule has 1 unspecified atom stereocenters. The average molecular weight is 614 g/mol. The Labute approximate surface area is 241 Å². The van der Waals surface area contributed by atoms with E-state index < -0.39 is 20.0 Å². The van der Waals surface area contributed by atoms with Gasteiger partial charge in [0.15, 0.2) is 15.1 Å². The first-order valence-electron chi connectivity index (χ1n) is 12.5. The van der Waals surface area contributed by atoms with Gasteiger partial charge in [0.05, 0.1) is 34.7 Å². The van der Waals surface area contributed by atoms with E-state index in [4.69, 9.17) is 9.15 Å². The smallest absolute Gasteiger partial charge is 0.307 e. The van der Waals surface area contributed by atoms with E-state index in [0.717, 1.165) is 33.4 Å². The third-order valence-electron chi connectivity index (χ3n) is 6.54. The van der Waals surface area contributed by atoms with Gasteiger partial charge in [0.1, 0.15) is 5.01 Å². The molecule has 0 saturated carbocycles. The standard InChI is InChI=1S/C26H23N5O7S3/c1-41(35,36)21(23-30-29-20(38-23)13-19-22(32)28-26(34)40-19)24-27-17-7-6-16(12-18(17)39-24)14-2-4-15(5-3-14)25(33)31-8-10-37-11-9-31/h2-7,12,21,32H,8-11,13H2,1H3,(H,28,34). The fourth-order valence-electron chi connectivity index (χ4n) is 4.51. The van der Waals surface area contributed by atoms with Crippen molar-refractivity contribution >= 4 is 48.6 Å². The lowest BCUT2D eigenvalue weighted by molar-refractivity contribution is 0.0303. The molecule has 6 rings (SSSR count). The minimum Gasteiger partial charge on any atom is -0.494 e. The maximum absolute atomic E-state index is 12.8. The van der Waals surface area contributed by atoms with E-state index in [1.807, 2.05) is 30.3 Å². The topological polar surface area (TPSA) is 169 Å². The van der Waals surface area contributed by atoms with Crippen LogP contribution in [0.3, 0.4) is 0 Å². The monoisotopic (exact) mass is 613 g/mol. The van der Waals surface area contributed by atoms with Crippen LogP contribution in [-0.2, 0) is 21.0 Å². The highest BCUT2D eigenvalue weighted by Gasteiger charge is 2.34. The molecule has 5 aromatic rings. The van der Waals surface area contributed by atoms with E-state index in [1.54, 1.807) is 17.0 Å². The molecular formula is C26H23N5O7S3. The molecule has 0 radical (unpaired) electrons. The maximum atomic E-state index is 12.8. The van der Waals surface area contributed by atoms with Crippen LogP contribution in [0.5, 0.6) is 5.88 Å². The van der Waals surface area contributed by atoms with Crippen molar-refractivity contribution in [3.8, 4) is 17.0 Å². The first-order valence-corrected chi connectivity index (χ1v) is 16.0. The van der Waals surface area contributed by atoms with Gasteiger partial charge < -0.3 is 19.2 Å². The summed E-state index contributed by atoms with van der Waals surface area (Å²) in [6.07, 6.45) is 1.04. The van der Waals surface area contributed by atoms with Gasteiger partial charge in [-0.1, -0.05) is 29.5 Å². The summed E-state index contributed by atoms with van der Waals surface area (Å²) in [5, 5.41) is 16.7. The van der Waals surface area contributed by atoms with Crippen LogP contribution in [0.1, 0.15) is 37.3 Å². The minimum absolute atomic E-state index is 0.0286. The number of hydrogen-bond donors (Lipinski definition) is 2. The number of nitrogens with one attached hydrogen (secondary N) is 1. The normalized spacial score (nSPS) is 14.9. The molecule has 3 aromatic heterocycles. The number of carbonyl (C=O) groups excluding carboxylic acids is 1. The maximum Gasteiger partial charge on any atom is 0.307 e. The van der Waals surface area contributed by atoms with Crippen LogP contribution in [-0.4, -0.2) is 77.1 Å². The zero-order chi connectivity index (χ0) is 28.7. The summed E-state index contributed by atoms with van der Waals surface area (Å²) in [4.78, 5) is 32.7. The van der Waals surface area contributed by atoms with Crippen molar-refractivity contribution in [3.05, 3.63) is 79.4 Å². The van der Waals surface area contributed by atoms with Crippen LogP contribution in [0.4, 0.5) is 0 Å². The number of morpholine rings is 1. The second-order valence-electron chi connectivity index (χ2n) is 9.42. The molecule has 2 N–H and O–H groups in total. The number of sulfone groups is 1. The van der Waals surface area contributed by atoms with E-state index in [9.17, 15) is 23.1 Å². The van der Waals surface area contributed by atoms with E-state index in [0.29, 0.717) is 42.3 Å². The van der Waals surface area contributed by atoms with Crippen LogP contribution in [0.25, 0.3) is 21.3 Å². The Morgan fingerprint density at radius 3 is 2.51 bits per heavy atom. The Morgan fingerprint density at radius 1 is 1.10 bits per heavy atom. The summed E-state index contributed by atoms with van der Waals surface area (Å²) in [5.74, 6) is -0.415. The number of aromatic amines is 1. The first kappa shape index (κ1) is 27.3. The van der Waals surface area contributed by atoms with Crippen molar-refractivity contribution in [2.75, 3.05) is 32.6 Å². The third-order valence-corrected chi connectivity index (χ3v) is 9.92. The summed E-state index contributed by atoms with van der Waals surface area (Å²) in [5.41, 5.74) is 3.01. The van der Waals surface area contributed by atoms with E-state index in [-0.39, 0.29) is 35.0 Å². The van der Waals surface area contributed by atoms with Gasteiger partial charge in [-0.15, -0.1) is 21.5 Å². The van der Waals surface area contributed by atoms with Crippen molar-refractivity contribution in [1.82, 2.24) is 25.1 Å². The number of aromatic nitrogens is 4. The lowest BCUT2D eigenvalue weighted by atomic mass is 10.0. The highest BCUT2D eigenvalue weighted by Crippen LogP contribution is 2.36. The van der Waals surface area contributed by atoms with Crippen LogP contribution in [0.2, 0.25) is 0 Å². The van der Waals surface area contributed by atoms with Gasteiger partial charge >= 0.3 is 4.87 Å². The quantitative estimate of drug-likeness (QED) is 0.278. The number of amides is 1. The molecule has 1 saturated heterocycles. The molecule has 212 valence electrons. The van der Waals surface area contributed by atoms with Crippen molar-refractivity contribution in [1.29, 1.82) is 0 Å². The van der Waals surface area contributed by atoms with Crippen LogP contribution < -0.4 is 4.87 Å². The number of ether oxygens (including phenoxy) is 1. The molecule has 2 aromatic carbocycles. The summed E-state index contributed by atoms with van der Waals surface area (Å²) < 4.78 is 37.4. The lowest BCUT2D eigenvalue weighted by Crippen LogP contribution is -2.40. The number of nitrogens with zero attached hydrogens (tertiary/aromatic N) is 4. The molecule has 1 fully saturated rings. The Balaban J connectivity index is 1.26. The fraction of sp³-hybridized carbons (Fsp3) is 0.269. The Kier molecular flexibility index (Phi) is 7.19. The van der Waals surface area contributed by atoms with Gasteiger partial charge in [0, 0.05) is 24.9 Å². The summed E-state index contributed by atoms with van der Waals surface area (Å²) in [6, 6.07) is 13.0. The number of hydrogen-bond acceptors (Lipinski definition) is 12. The van der Waals surface area contributed by atoms with Crippen molar-refractivity contribution < 1.29 is 27.5 Å². The SMILES string of the molecule is CS(=O)(=O)C(c1nnc(Cc2sc(=O)[nH]c2O)o1)c1nc2ccc(-c3ccc(C(=O)N4CCOCC4)cc3)cc2s1. The summed E-state index contributed by atoms with van der Waals surface area (Å²) in [6.45, 7) is 2.22. The Bertz CT molecular complexity index is 1900. The van der Waals surface area contributed by atoms with Crippen LogP contribution >= 0.6 is 22.7 Å². The van der Waals surface area contributed by atoms with Crippen molar-refractivity contribution in [2.45, 2.75) is 11.7 Å². The number of thiazole rings is 2. The largest absolute Gasteiger partial charge is 0.494 e. The molecule has 41 heavy (non-hydrogen) atoms. The minimum atomic E-state index is -3.76. The summed E-state index contributed by atoms with van der Waals surface area (Å²) in [7, 11) is -3.76. The zero-order valence-electron chi connectivity index (χ0n) is 21.6. The third kappa shape index (κ3) is 5.66. The van der Waals surface area contributed by atoms with Gasteiger partial charge in [-0.3, -0.25) is 14.6 Å². The molecule has 12 nitrogen and oxygen atoms in total. The summed E-state index contributed by atoms with van der Waals surface area (Å²) >= 11 is 2.01. The lowest BCUT2D eigenvalue weighted by Gasteiger charge is -2.26. The molecule has 1 aliphatic heterocycles. The van der Waals surface area contributed by atoms with Crippen LogP contribution in [0, 0.1) is 0 Å². The van der Waals surface area contributed by atoms with Gasteiger partial charge in [-0.25, -0.2) is 13.4 Å². The molecule has 0 aliphatic carbocycles. The molecule has 1 aliphatic rings. The van der Waals surface area contributed by atoms with Gasteiger partial charge in [-0.2, -0.15) is 0 Å². The highest BCUT2D eigenvalue weighted by atomic mass is 32.2. The predicted molar refractivity (Wildman–Crippen MR) is 152 cm³/mol. The molecule has 1 amide bonds. The number of aromatic hydroxyl groups is 1. The number of H-pyrrole nitrogens is 1. The van der Waals surface area contributed by atoms with E-state index in [1.165, 1.54) is 11.3 Å². The number of rotatable bonds is 7. The second kappa shape index (κ2) is 10.8.